The fraction of sp³-hybridized carbons (Fsp3) is 0.833. The fourth-order valence-corrected chi connectivity index (χ4v) is 0.640. The predicted octanol–water partition coefficient (Wildman–Crippen LogP) is 0.558. The van der Waals surface area contributed by atoms with Crippen molar-refractivity contribution in [2.24, 2.45) is 0 Å². The van der Waals surface area contributed by atoms with Crippen molar-refractivity contribution in [3.8, 4) is 0 Å². The molecule has 0 aliphatic carbocycles. The molecule has 0 N–H and O–H groups in total. The van der Waals surface area contributed by atoms with Gasteiger partial charge in [-0.2, -0.15) is 0 Å². The summed E-state index contributed by atoms with van der Waals surface area (Å²) in [6, 6.07) is 0. The summed E-state index contributed by atoms with van der Waals surface area (Å²) in [7, 11) is 0. The fourth-order valence-electron chi connectivity index (χ4n) is 0.640. The van der Waals surface area contributed by atoms with Crippen molar-refractivity contribution in [2.75, 3.05) is 19.8 Å². The van der Waals surface area contributed by atoms with Crippen LogP contribution in [0.2, 0.25) is 0 Å². The van der Waals surface area contributed by atoms with Crippen molar-refractivity contribution in [2.45, 2.75) is 13.0 Å². The topological polar surface area (TPSA) is 27.7 Å². The summed E-state index contributed by atoms with van der Waals surface area (Å²) in [5.74, 6) is 0. The second-order valence-electron chi connectivity index (χ2n) is 1.85. The van der Waals surface area contributed by atoms with Crippen LogP contribution in [0.25, 0.3) is 0 Å². The molecule has 1 saturated heterocycles. The van der Waals surface area contributed by atoms with Crippen molar-refractivity contribution in [1.29, 1.82) is 0 Å². The molecule has 3 nitrogen and oxygen atoms in total. The normalized spacial score (nSPS) is 27.0. The lowest BCUT2D eigenvalue weighted by molar-refractivity contribution is 0.0428. The first-order valence-electron chi connectivity index (χ1n) is 3.10. The molecule has 0 aromatic carbocycles. The molecule has 1 aliphatic rings. The van der Waals surface area contributed by atoms with E-state index in [1.54, 1.807) is 0 Å². The predicted molar refractivity (Wildman–Crippen MR) is 31.6 cm³/mol. The van der Waals surface area contributed by atoms with Crippen LogP contribution in [0.5, 0.6) is 0 Å². The molecule has 0 aromatic heterocycles. The number of hydrogen-bond acceptors (Lipinski definition) is 3. The van der Waals surface area contributed by atoms with Crippen LogP contribution >= 0.6 is 0 Å². The zero-order valence-electron chi connectivity index (χ0n) is 5.50. The maximum Gasteiger partial charge on any atom is 0.209 e. The molecule has 0 saturated carbocycles. The lowest BCUT2D eigenvalue weighted by Gasteiger charge is -2.04. The highest BCUT2D eigenvalue weighted by molar-refractivity contribution is 4.61. The molecule has 3 heteroatoms. The van der Waals surface area contributed by atoms with Crippen LogP contribution < -0.4 is 0 Å². The van der Waals surface area contributed by atoms with Gasteiger partial charge in [-0.1, -0.05) is 0 Å². The Kier molecular flexibility index (Phi) is 2.97. The van der Waals surface area contributed by atoms with E-state index in [1.165, 1.54) is 6.79 Å². The zero-order valence-corrected chi connectivity index (χ0v) is 5.50. The Morgan fingerprint density at radius 3 is 3.22 bits per heavy atom. The Balaban J connectivity index is 1.98. The van der Waals surface area contributed by atoms with E-state index in [9.17, 15) is 0 Å². The molecule has 1 atom stereocenters. The molecule has 1 radical (unpaired) electrons. The standard InChI is InChI=1S/C6H11O3/c1-2-7-3-6-4-8-5-9-6/h5-6H,2-4H2,1H3. The third-order valence-electron chi connectivity index (χ3n) is 1.11. The Morgan fingerprint density at radius 2 is 2.67 bits per heavy atom. The SMILES string of the molecule is CCOCC1CO[CH]O1. The molecule has 0 aromatic rings. The van der Waals surface area contributed by atoms with Gasteiger partial charge < -0.3 is 14.2 Å². The minimum Gasteiger partial charge on any atom is -0.379 e. The summed E-state index contributed by atoms with van der Waals surface area (Å²) in [6.45, 7) is 5.32. The molecule has 53 valence electrons. The molecule has 1 aliphatic heterocycles. The van der Waals surface area contributed by atoms with E-state index in [2.05, 4.69) is 0 Å². The average Bonchev–Trinajstić information content (AvgIpc) is 2.34. The van der Waals surface area contributed by atoms with Gasteiger partial charge in [0.1, 0.15) is 6.10 Å². The highest BCUT2D eigenvalue weighted by Crippen LogP contribution is 2.06. The van der Waals surface area contributed by atoms with Gasteiger partial charge in [0, 0.05) is 6.61 Å². The van der Waals surface area contributed by atoms with Gasteiger partial charge in [0.2, 0.25) is 6.79 Å². The van der Waals surface area contributed by atoms with E-state index in [4.69, 9.17) is 14.2 Å². The van der Waals surface area contributed by atoms with Crippen LogP contribution in [0.3, 0.4) is 0 Å². The monoisotopic (exact) mass is 131 g/mol. The van der Waals surface area contributed by atoms with E-state index in [-0.39, 0.29) is 6.10 Å². The first-order valence-corrected chi connectivity index (χ1v) is 3.10. The van der Waals surface area contributed by atoms with Crippen LogP contribution in [0.15, 0.2) is 0 Å². The van der Waals surface area contributed by atoms with Gasteiger partial charge in [-0.15, -0.1) is 0 Å². The minimum atomic E-state index is 0.116. The largest absolute Gasteiger partial charge is 0.379 e. The molecule has 0 spiro atoms. The molecule has 1 fully saturated rings. The molecule has 0 bridgehead atoms. The molecule has 9 heavy (non-hydrogen) atoms. The van der Waals surface area contributed by atoms with Gasteiger partial charge in [-0.25, -0.2) is 0 Å². The third-order valence-corrected chi connectivity index (χ3v) is 1.11. The van der Waals surface area contributed by atoms with Crippen LogP contribution in [0.1, 0.15) is 6.92 Å². The first kappa shape index (κ1) is 6.99. The summed E-state index contributed by atoms with van der Waals surface area (Å²) in [4.78, 5) is 0. The van der Waals surface area contributed by atoms with Crippen molar-refractivity contribution in [3.63, 3.8) is 0 Å². The van der Waals surface area contributed by atoms with Crippen molar-refractivity contribution < 1.29 is 14.2 Å². The summed E-state index contributed by atoms with van der Waals surface area (Å²) < 4.78 is 14.9. The minimum absolute atomic E-state index is 0.116. The molecule has 1 rings (SSSR count). The molecule has 0 amide bonds. The third kappa shape index (κ3) is 2.30. The van der Waals surface area contributed by atoms with E-state index < -0.39 is 0 Å². The molecule has 1 heterocycles. The second kappa shape index (κ2) is 3.82. The van der Waals surface area contributed by atoms with Crippen molar-refractivity contribution >= 4 is 0 Å². The van der Waals surface area contributed by atoms with Crippen LogP contribution in [0.4, 0.5) is 0 Å². The summed E-state index contributed by atoms with van der Waals surface area (Å²) in [5, 5.41) is 0. The maximum absolute atomic E-state index is 5.09. The average molecular weight is 131 g/mol. The zero-order chi connectivity index (χ0) is 6.53. The quantitative estimate of drug-likeness (QED) is 0.560. The second-order valence-corrected chi connectivity index (χ2v) is 1.85. The van der Waals surface area contributed by atoms with E-state index >= 15 is 0 Å². The Labute approximate surface area is 54.9 Å². The number of hydrogen-bond donors (Lipinski definition) is 0. The lowest BCUT2D eigenvalue weighted by atomic mass is 10.4. The van der Waals surface area contributed by atoms with E-state index in [1.807, 2.05) is 6.92 Å². The lowest BCUT2D eigenvalue weighted by Crippen LogP contribution is -2.16. The van der Waals surface area contributed by atoms with Crippen molar-refractivity contribution in [1.82, 2.24) is 0 Å². The van der Waals surface area contributed by atoms with Gasteiger partial charge in [0.25, 0.3) is 0 Å². The highest BCUT2D eigenvalue weighted by atomic mass is 16.7. The summed E-state index contributed by atoms with van der Waals surface area (Å²) in [5.41, 5.74) is 0. The summed E-state index contributed by atoms with van der Waals surface area (Å²) in [6.07, 6.45) is 0.116. The molecule has 1 unspecified atom stereocenters. The Morgan fingerprint density at radius 1 is 1.78 bits per heavy atom. The van der Waals surface area contributed by atoms with Gasteiger partial charge >= 0.3 is 0 Å². The van der Waals surface area contributed by atoms with E-state index in [0.717, 1.165) is 6.61 Å². The van der Waals surface area contributed by atoms with Gasteiger partial charge in [0.15, 0.2) is 0 Å². The maximum atomic E-state index is 5.09. The first-order chi connectivity index (χ1) is 4.43. The van der Waals surface area contributed by atoms with Crippen LogP contribution in [-0.4, -0.2) is 25.9 Å². The number of rotatable bonds is 3. The summed E-state index contributed by atoms with van der Waals surface area (Å²) >= 11 is 0. The highest BCUT2D eigenvalue weighted by Gasteiger charge is 2.15. The Bertz CT molecular complexity index is 68.7. The smallest absolute Gasteiger partial charge is 0.209 e. The van der Waals surface area contributed by atoms with Crippen LogP contribution in [0, 0.1) is 6.79 Å². The van der Waals surface area contributed by atoms with Gasteiger partial charge in [-0.05, 0) is 6.92 Å². The molecular formula is C6H11O3. The van der Waals surface area contributed by atoms with E-state index in [0.29, 0.717) is 13.2 Å². The Hall–Kier alpha value is -0.120. The van der Waals surface area contributed by atoms with Gasteiger partial charge in [0.05, 0.1) is 13.2 Å². The van der Waals surface area contributed by atoms with Crippen molar-refractivity contribution in [3.05, 3.63) is 6.79 Å². The number of ether oxygens (including phenoxy) is 3. The van der Waals surface area contributed by atoms with Crippen LogP contribution in [-0.2, 0) is 14.2 Å². The molecular weight excluding hydrogens is 120 g/mol. The van der Waals surface area contributed by atoms with Gasteiger partial charge in [-0.3, -0.25) is 0 Å².